The molecule has 0 saturated heterocycles. The number of aromatic nitrogens is 2. The minimum Gasteiger partial charge on any atom is -0.339 e. The van der Waals surface area contributed by atoms with Crippen molar-refractivity contribution in [2.45, 2.75) is 51.5 Å². The topological polar surface area (TPSA) is 80.0 Å². The van der Waals surface area contributed by atoms with E-state index in [0.29, 0.717) is 11.7 Å². The van der Waals surface area contributed by atoms with Crippen molar-refractivity contribution in [2.75, 3.05) is 5.32 Å². The normalized spacial score (nSPS) is 15.9. The second-order valence-corrected chi connectivity index (χ2v) is 6.00. The molecule has 1 aliphatic carbocycles. The van der Waals surface area contributed by atoms with E-state index < -0.39 is 0 Å². The molecule has 6 nitrogen and oxygen atoms in total. The van der Waals surface area contributed by atoms with Crippen molar-refractivity contribution in [3.63, 3.8) is 0 Å². The van der Waals surface area contributed by atoms with E-state index in [9.17, 15) is 4.79 Å². The number of carbonyl (C=O) groups is 1. The Morgan fingerprint density at radius 2 is 2.00 bits per heavy atom. The number of urea groups is 1. The van der Waals surface area contributed by atoms with Gasteiger partial charge in [0.2, 0.25) is 11.7 Å². The summed E-state index contributed by atoms with van der Waals surface area (Å²) in [5.41, 5.74) is 1.53. The lowest BCUT2D eigenvalue weighted by molar-refractivity contribution is 0.247. The Bertz CT molecular complexity index is 660. The predicted molar refractivity (Wildman–Crippen MR) is 88.1 cm³/mol. The highest BCUT2D eigenvalue weighted by atomic mass is 16.5. The van der Waals surface area contributed by atoms with Crippen LogP contribution in [0.25, 0.3) is 11.4 Å². The van der Waals surface area contributed by atoms with Crippen LogP contribution in [0.3, 0.4) is 0 Å². The molecule has 2 N–H and O–H groups in total. The van der Waals surface area contributed by atoms with E-state index in [1.54, 1.807) is 6.92 Å². The summed E-state index contributed by atoms with van der Waals surface area (Å²) < 4.78 is 4.99. The van der Waals surface area contributed by atoms with Crippen LogP contribution in [0, 0.1) is 6.92 Å². The number of rotatable bonds is 3. The molecular weight excluding hydrogens is 292 g/mol. The monoisotopic (exact) mass is 314 g/mol. The van der Waals surface area contributed by atoms with E-state index in [0.717, 1.165) is 24.1 Å². The van der Waals surface area contributed by atoms with Gasteiger partial charge in [0, 0.05) is 24.2 Å². The number of amides is 2. The van der Waals surface area contributed by atoms with E-state index in [1.807, 2.05) is 24.3 Å². The van der Waals surface area contributed by atoms with Gasteiger partial charge in [-0.2, -0.15) is 4.98 Å². The Hall–Kier alpha value is -2.37. The summed E-state index contributed by atoms with van der Waals surface area (Å²) in [4.78, 5) is 16.4. The molecule has 1 heterocycles. The number of benzene rings is 1. The van der Waals surface area contributed by atoms with Crippen molar-refractivity contribution in [2.24, 2.45) is 0 Å². The molecule has 1 fully saturated rings. The van der Waals surface area contributed by atoms with Gasteiger partial charge >= 0.3 is 6.03 Å². The molecule has 1 aliphatic rings. The van der Waals surface area contributed by atoms with Crippen molar-refractivity contribution in [3.05, 3.63) is 30.2 Å². The maximum Gasteiger partial charge on any atom is 0.319 e. The van der Waals surface area contributed by atoms with Gasteiger partial charge in [0.25, 0.3) is 0 Å². The van der Waals surface area contributed by atoms with Gasteiger partial charge in [0.05, 0.1) is 0 Å². The highest BCUT2D eigenvalue weighted by Crippen LogP contribution is 2.20. The lowest BCUT2D eigenvalue weighted by atomic mass is 10.1. The van der Waals surface area contributed by atoms with Gasteiger partial charge in [-0.05, 0) is 25.0 Å². The fourth-order valence-corrected chi connectivity index (χ4v) is 2.93. The molecule has 0 radical (unpaired) electrons. The summed E-state index contributed by atoms with van der Waals surface area (Å²) in [5, 5.41) is 9.86. The Labute approximate surface area is 135 Å². The van der Waals surface area contributed by atoms with Gasteiger partial charge in [0.15, 0.2) is 0 Å². The quantitative estimate of drug-likeness (QED) is 0.842. The number of carbonyl (C=O) groups excluding carboxylic acids is 1. The number of hydrogen-bond donors (Lipinski definition) is 2. The van der Waals surface area contributed by atoms with Gasteiger partial charge in [-0.15, -0.1) is 0 Å². The highest BCUT2D eigenvalue weighted by Gasteiger charge is 2.15. The fourth-order valence-electron chi connectivity index (χ4n) is 2.93. The lowest BCUT2D eigenvalue weighted by Gasteiger charge is -2.16. The van der Waals surface area contributed by atoms with E-state index in [4.69, 9.17) is 4.52 Å². The van der Waals surface area contributed by atoms with Crippen molar-refractivity contribution in [1.29, 1.82) is 0 Å². The van der Waals surface area contributed by atoms with Crippen molar-refractivity contribution in [3.8, 4) is 11.4 Å². The summed E-state index contributed by atoms with van der Waals surface area (Å²) in [6.07, 6.45) is 7.05. The van der Waals surface area contributed by atoms with Gasteiger partial charge in [-0.25, -0.2) is 4.79 Å². The molecule has 3 rings (SSSR count). The van der Waals surface area contributed by atoms with E-state index in [-0.39, 0.29) is 12.1 Å². The number of aryl methyl sites for hydroxylation is 1. The molecule has 6 heteroatoms. The highest BCUT2D eigenvalue weighted by molar-refractivity contribution is 5.90. The minimum atomic E-state index is -0.154. The van der Waals surface area contributed by atoms with E-state index in [2.05, 4.69) is 20.8 Å². The second-order valence-electron chi connectivity index (χ2n) is 6.00. The van der Waals surface area contributed by atoms with Crippen LogP contribution in [0.5, 0.6) is 0 Å². The molecule has 0 atom stereocenters. The SMILES string of the molecule is Cc1nc(-c2cccc(NC(=O)NC3CCCCCC3)c2)no1. The van der Waals surface area contributed by atoms with Crippen molar-refractivity contribution < 1.29 is 9.32 Å². The smallest absolute Gasteiger partial charge is 0.319 e. The summed E-state index contributed by atoms with van der Waals surface area (Å²) in [6, 6.07) is 7.57. The molecule has 0 bridgehead atoms. The average Bonchev–Trinajstić information content (AvgIpc) is 2.81. The summed E-state index contributed by atoms with van der Waals surface area (Å²) in [5.74, 6) is 1.04. The molecule has 122 valence electrons. The first-order valence-corrected chi connectivity index (χ1v) is 8.19. The van der Waals surface area contributed by atoms with Gasteiger partial charge in [0.1, 0.15) is 0 Å². The number of nitrogens with one attached hydrogen (secondary N) is 2. The van der Waals surface area contributed by atoms with Crippen LogP contribution in [-0.4, -0.2) is 22.2 Å². The van der Waals surface area contributed by atoms with Gasteiger partial charge in [-0.3, -0.25) is 0 Å². The van der Waals surface area contributed by atoms with E-state index >= 15 is 0 Å². The van der Waals surface area contributed by atoms with E-state index in [1.165, 1.54) is 25.7 Å². The molecule has 23 heavy (non-hydrogen) atoms. The van der Waals surface area contributed by atoms with Gasteiger partial charge in [-0.1, -0.05) is 43.0 Å². The maximum absolute atomic E-state index is 12.2. The number of hydrogen-bond acceptors (Lipinski definition) is 4. The average molecular weight is 314 g/mol. The first-order valence-electron chi connectivity index (χ1n) is 8.19. The molecule has 0 spiro atoms. The third kappa shape index (κ3) is 4.31. The van der Waals surface area contributed by atoms with Crippen LogP contribution in [-0.2, 0) is 0 Å². The minimum absolute atomic E-state index is 0.154. The van der Waals surface area contributed by atoms with Crippen molar-refractivity contribution >= 4 is 11.7 Å². The molecule has 2 aromatic rings. The van der Waals surface area contributed by atoms with Crippen LogP contribution in [0.2, 0.25) is 0 Å². The largest absolute Gasteiger partial charge is 0.339 e. The predicted octanol–water partition coefficient (Wildman–Crippen LogP) is 3.89. The molecule has 0 aliphatic heterocycles. The van der Waals surface area contributed by atoms with Crippen LogP contribution >= 0.6 is 0 Å². The first-order chi connectivity index (χ1) is 11.2. The van der Waals surface area contributed by atoms with Crippen LogP contribution in [0.1, 0.15) is 44.4 Å². The molecule has 1 saturated carbocycles. The van der Waals surface area contributed by atoms with Gasteiger partial charge < -0.3 is 15.2 Å². The molecule has 1 aromatic carbocycles. The standard InChI is InChI=1S/C17H22N4O2/c1-12-18-16(21-23-12)13-7-6-10-15(11-13)20-17(22)19-14-8-4-2-3-5-9-14/h6-7,10-11,14H,2-5,8-9H2,1H3,(H2,19,20,22). The zero-order chi connectivity index (χ0) is 16.1. The summed E-state index contributed by atoms with van der Waals surface area (Å²) in [6.45, 7) is 1.75. The fraction of sp³-hybridized carbons (Fsp3) is 0.471. The number of nitrogens with zero attached hydrogens (tertiary/aromatic N) is 2. The van der Waals surface area contributed by atoms with Crippen molar-refractivity contribution in [1.82, 2.24) is 15.5 Å². The zero-order valence-corrected chi connectivity index (χ0v) is 13.3. The summed E-state index contributed by atoms with van der Waals surface area (Å²) in [7, 11) is 0. The molecule has 0 unspecified atom stereocenters. The molecular formula is C17H22N4O2. The van der Waals surface area contributed by atoms with Crippen LogP contribution in [0.4, 0.5) is 10.5 Å². The summed E-state index contributed by atoms with van der Waals surface area (Å²) >= 11 is 0. The zero-order valence-electron chi connectivity index (χ0n) is 13.3. The Kier molecular flexibility index (Phi) is 4.90. The molecule has 1 aromatic heterocycles. The lowest BCUT2D eigenvalue weighted by Crippen LogP contribution is -2.37. The Balaban J connectivity index is 1.62. The Morgan fingerprint density at radius 3 is 2.70 bits per heavy atom. The maximum atomic E-state index is 12.2. The van der Waals surface area contributed by atoms with Crippen LogP contribution in [0.15, 0.2) is 28.8 Å². The third-order valence-corrected chi connectivity index (χ3v) is 4.10. The molecule has 2 amide bonds. The Morgan fingerprint density at radius 1 is 1.22 bits per heavy atom. The third-order valence-electron chi connectivity index (χ3n) is 4.10. The second kappa shape index (κ2) is 7.26. The van der Waals surface area contributed by atoms with Crippen LogP contribution < -0.4 is 10.6 Å². The first kappa shape index (κ1) is 15.5. The number of anilines is 1.